The van der Waals surface area contributed by atoms with Crippen molar-refractivity contribution in [2.75, 3.05) is 0 Å². The molecule has 1 heterocycles. The van der Waals surface area contributed by atoms with Crippen LogP contribution in [0.3, 0.4) is 0 Å². The predicted molar refractivity (Wildman–Crippen MR) is 117 cm³/mol. The number of carboxylic acids is 1. The average molecular weight is 389 g/mol. The molecule has 0 aliphatic heterocycles. The van der Waals surface area contributed by atoms with Gasteiger partial charge in [-0.15, -0.1) is 0 Å². The van der Waals surface area contributed by atoms with Crippen LogP contribution < -0.4 is 5.56 Å². The van der Waals surface area contributed by atoms with Crippen LogP contribution in [0.1, 0.15) is 60.8 Å². The van der Waals surface area contributed by atoms with E-state index in [0.717, 1.165) is 40.4 Å². The van der Waals surface area contributed by atoms with Crippen molar-refractivity contribution in [1.82, 2.24) is 4.98 Å². The zero-order valence-electron chi connectivity index (χ0n) is 17.0. The number of hydrogen-bond acceptors (Lipinski definition) is 2. The SMILES string of the molecule is CCCC(C(=O)O)c1c(-c2ccc(C)cc2)c2cc3c(cc2[nH]c1=O)CCCC3. The van der Waals surface area contributed by atoms with Crippen molar-refractivity contribution >= 4 is 16.9 Å². The summed E-state index contributed by atoms with van der Waals surface area (Å²) in [5.74, 6) is -1.76. The third kappa shape index (κ3) is 3.59. The molecule has 2 aromatic carbocycles. The van der Waals surface area contributed by atoms with E-state index in [1.807, 2.05) is 38.1 Å². The maximum Gasteiger partial charge on any atom is 0.311 e. The monoisotopic (exact) mass is 389 g/mol. The van der Waals surface area contributed by atoms with Crippen molar-refractivity contribution in [2.24, 2.45) is 0 Å². The Morgan fingerprint density at radius 3 is 2.38 bits per heavy atom. The molecule has 0 amide bonds. The second-order valence-electron chi connectivity index (χ2n) is 8.16. The second-order valence-corrected chi connectivity index (χ2v) is 8.16. The first-order valence-electron chi connectivity index (χ1n) is 10.5. The highest BCUT2D eigenvalue weighted by Gasteiger charge is 2.28. The zero-order valence-corrected chi connectivity index (χ0v) is 17.0. The van der Waals surface area contributed by atoms with Crippen LogP contribution in [-0.4, -0.2) is 16.1 Å². The van der Waals surface area contributed by atoms with Gasteiger partial charge in [0.15, 0.2) is 0 Å². The van der Waals surface area contributed by atoms with Gasteiger partial charge in [-0.25, -0.2) is 0 Å². The van der Waals surface area contributed by atoms with E-state index in [4.69, 9.17) is 0 Å². The van der Waals surface area contributed by atoms with Crippen molar-refractivity contribution in [1.29, 1.82) is 0 Å². The number of benzene rings is 2. The van der Waals surface area contributed by atoms with Gasteiger partial charge in [-0.05, 0) is 67.9 Å². The van der Waals surface area contributed by atoms with Gasteiger partial charge < -0.3 is 10.1 Å². The molecule has 29 heavy (non-hydrogen) atoms. The molecule has 4 rings (SSSR count). The van der Waals surface area contributed by atoms with Gasteiger partial charge in [-0.1, -0.05) is 43.2 Å². The summed E-state index contributed by atoms with van der Waals surface area (Å²) in [7, 11) is 0. The standard InChI is InChI=1S/C25H27NO3/c1-3-6-19(25(28)29)23-22(16-11-9-15(2)10-12-16)20-13-17-7-4-5-8-18(17)14-21(20)26-24(23)27/h9-14,19H,3-8H2,1-2H3,(H,26,27)(H,28,29). The third-order valence-electron chi connectivity index (χ3n) is 6.08. The number of aryl methyl sites for hydroxylation is 3. The number of rotatable bonds is 5. The van der Waals surface area contributed by atoms with E-state index < -0.39 is 11.9 Å². The summed E-state index contributed by atoms with van der Waals surface area (Å²) in [6.07, 6.45) is 5.54. The summed E-state index contributed by atoms with van der Waals surface area (Å²) < 4.78 is 0. The van der Waals surface area contributed by atoms with Crippen LogP contribution in [-0.2, 0) is 17.6 Å². The van der Waals surface area contributed by atoms with Gasteiger partial charge in [0.05, 0.1) is 5.92 Å². The topological polar surface area (TPSA) is 70.2 Å². The number of pyridine rings is 1. The zero-order chi connectivity index (χ0) is 20.5. The van der Waals surface area contributed by atoms with Crippen molar-refractivity contribution < 1.29 is 9.90 Å². The molecule has 0 bridgehead atoms. The normalized spacial score (nSPS) is 14.6. The molecule has 1 aliphatic rings. The summed E-state index contributed by atoms with van der Waals surface area (Å²) in [4.78, 5) is 28.3. The van der Waals surface area contributed by atoms with Crippen LogP contribution in [0.25, 0.3) is 22.0 Å². The van der Waals surface area contributed by atoms with Crippen molar-refractivity contribution in [3.63, 3.8) is 0 Å². The number of aromatic amines is 1. The van der Waals surface area contributed by atoms with Crippen LogP contribution in [0.5, 0.6) is 0 Å². The first-order chi connectivity index (χ1) is 14.0. The number of aromatic nitrogens is 1. The van der Waals surface area contributed by atoms with Crippen LogP contribution in [0, 0.1) is 6.92 Å². The van der Waals surface area contributed by atoms with Crippen LogP contribution in [0.15, 0.2) is 41.2 Å². The van der Waals surface area contributed by atoms with E-state index >= 15 is 0 Å². The Kier molecular flexibility index (Phi) is 5.27. The summed E-state index contributed by atoms with van der Waals surface area (Å²) in [6, 6.07) is 12.3. The van der Waals surface area contributed by atoms with E-state index in [9.17, 15) is 14.7 Å². The van der Waals surface area contributed by atoms with Crippen molar-refractivity contribution in [3.8, 4) is 11.1 Å². The predicted octanol–water partition coefficient (Wildman–Crippen LogP) is 5.35. The Balaban J connectivity index is 2.09. The number of carbonyl (C=O) groups is 1. The molecule has 1 aromatic heterocycles. The van der Waals surface area contributed by atoms with Gasteiger partial charge in [-0.3, -0.25) is 9.59 Å². The number of hydrogen-bond donors (Lipinski definition) is 2. The van der Waals surface area contributed by atoms with Crippen LogP contribution in [0.2, 0.25) is 0 Å². The molecule has 1 aliphatic carbocycles. The highest BCUT2D eigenvalue weighted by atomic mass is 16.4. The summed E-state index contributed by atoms with van der Waals surface area (Å²) in [5, 5.41) is 10.9. The Hall–Kier alpha value is -2.88. The Labute approximate surface area is 170 Å². The van der Waals surface area contributed by atoms with Crippen molar-refractivity contribution in [3.05, 3.63) is 69.0 Å². The lowest BCUT2D eigenvalue weighted by Crippen LogP contribution is -2.24. The average Bonchev–Trinajstić information content (AvgIpc) is 2.71. The number of fused-ring (bicyclic) bond motifs is 2. The molecule has 1 atom stereocenters. The highest BCUT2D eigenvalue weighted by molar-refractivity contribution is 5.98. The van der Waals surface area contributed by atoms with Gasteiger partial charge in [-0.2, -0.15) is 0 Å². The molecule has 0 fully saturated rings. The molecule has 0 radical (unpaired) electrons. The fourth-order valence-corrected chi connectivity index (χ4v) is 4.59. The minimum Gasteiger partial charge on any atom is -0.481 e. The lowest BCUT2D eigenvalue weighted by molar-refractivity contribution is -0.139. The number of nitrogens with one attached hydrogen (secondary N) is 1. The first-order valence-corrected chi connectivity index (χ1v) is 10.5. The fourth-order valence-electron chi connectivity index (χ4n) is 4.59. The molecular weight excluding hydrogens is 362 g/mol. The number of carboxylic acid groups (broad SMARTS) is 1. The van der Waals surface area contributed by atoms with E-state index in [1.165, 1.54) is 24.0 Å². The molecule has 4 heteroatoms. The Bertz CT molecular complexity index is 1130. The first kappa shape index (κ1) is 19.4. The van der Waals surface area contributed by atoms with E-state index in [-0.39, 0.29) is 5.56 Å². The molecule has 0 spiro atoms. The van der Waals surface area contributed by atoms with E-state index in [2.05, 4.69) is 17.1 Å². The molecule has 3 aromatic rings. The molecule has 1 unspecified atom stereocenters. The maximum absolute atomic E-state index is 13.2. The lowest BCUT2D eigenvalue weighted by Gasteiger charge is -2.21. The van der Waals surface area contributed by atoms with Crippen LogP contribution in [0.4, 0.5) is 0 Å². The lowest BCUT2D eigenvalue weighted by atomic mass is 9.84. The summed E-state index contributed by atoms with van der Waals surface area (Å²) in [6.45, 7) is 3.97. The van der Waals surface area contributed by atoms with Gasteiger partial charge in [0.2, 0.25) is 0 Å². The van der Waals surface area contributed by atoms with Crippen molar-refractivity contribution in [2.45, 2.75) is 58.3 Å². The Morgan fingerprint density at radius 1 is 1.10 bits per heavy atom. The molecule has 2 N–H and O–H groups in total. The van der Waals surface area contributed by atoms with Gasteiger partial charge in [0.1, 0.15) is 0 Å². The van der Waals surface area contributed by atoms with E-state index in [1.54, 1.807) is 0 Å². The number of aliphatic carboxylic acids is 1. The van der Waals surface area contributed by atoms with Gasteiger partial charge >= 0.3 is 5.97 Å². The molecule has 150 valence electrons. The van der Waals surface area contributed by atoms with Crippen LogP contribution >= 0.6 is 0 Å². The third-order valence-corrected chi connectivity index (χ3v) is 6.08. The molecular formula is C25H27NO3. The molecule has 4 nitrogen and oxygen atoms in total. The molecule has 0 saturated carbocycles. The largest absolute Gasteiger partial charge is 0.481 e. The maximum atomic E-state index is 13.2. The second kappa shape index (κ2) is 7.86. The minimum absolute atomic E-state index is 0.287. The van der Waals surface area contributed by atoms with Gasteiger partial charge in [0.25, 0.3) is 5.56 Å². The smallest absolute Gasteiger partial charge is 0.311 e. The fraction of sp³-hybridized carbons (Fsp3) is 0.360. The summed E-state index contributed by atoms with van der Waals surface area (Å²) in [5.41, 5.74) is 6.32. The highest BCUT2D eigenvalue weighted by Crippen LogP contribution is 2.37. The van der Waals surface area contributed by atoms with E-state index in [0.29, 0.717) is 18.4 Å². The quantitative estimate of drug-likeness (QED) is 0.618. The van der Waals surface area contributed by atoms with Gasteiger partial charge in [0, 0.05) is 22.0 Å². The number of H-pyrrole nitrogens is 1. The molecule has 0 saturated heterocycles. The minimum atomic E-state index is -0.942. The summed E-state index contributed by atoms with van der Waals surface area (Å²) >= 11 is 0. The Morgan fingerprint density at radius 2 is 1.76 bits per heavy atom.